The lowest BCUT2D eigenvalue weighted by atomic mass is 9.77. The largest absolute Gasteiger partial charge is 0.506 e. The number of phenolic OH excluding ortho intramolecular Hbond substituents is 2. The van der Waals surface area contributed by atoms with Crippen molar-refractivity contribution in [2.45, 2.75) is 33.3 Å². The average Bonchev–Trinajstić information content (AvgIpc) is 3.08. The predicted molar refractivity (Wildman–Crippen MR) is 129 cm³/mol. The van der Waals surface area contributed by atoms with Gasteiger partial charge in [0.25, 0.3) is 0 Å². The van der Waals surface area contributed by atoms with Crippen LogP contribution in [0.5, 0.6) is 11.5 Å². The van der Waals surface area contributed by atoms with Crippen LogP contribution < -0.4 is 0 Å². The van der Waals surface area contributed by atoms with E-state index in [1.165, 1.54) is 6.07 Å². The van der Waals surface area contributed by atoms with E-state index in [0.717, 1.165) is 11.1 Å². The number of halogens is 2. The molecular formula is C25H20Br2O6. The maximum atomic E-state index is 13.2. The maximum absolute atomic E-state index is 13.2. The van der Waals surface area contributed by atoms with Crippen molar-refractivity contribution in [1.82, 2.24) is 0 Å². The van der Waals surface area contributed by atoms with Crippen LogP contribution in [0.15, 0.2) is 39.3 Å². The molecule has 0 saturated heterocycles. The summed E-state index contributed by atoms with van der Waals surface area (Å²) in [6.45, 7) is 7.16. The Balaban J connectivity index is 2.25. The van der Waals surface area contributed by atoms with Gasteiger partial charge in [0, 0.05) is 16.7 Å². The molecule has 0 unspecified atom stereocenters. The summed E-state index contributed by atoms with van der Waals surface area (Å²) in [6.07, 6.45) is 0. The van der Waals surface area contributed by atoms with E-state index in [4.69, 9.17) is 4.74 Å². The summed E-state index contributed by atoms with van der Waals surface area (Å²) in [7, 11) is 0. The first-order valence-corrected chi connectivity index (χ1v) is 11.6. The van der Waals surface area contributed by atoms with Gasteiger partial charge in [-0.3, -0.25) is 0 Å². The van der Waals surface area contributed by atoms with Gasteiger partial charge in [-0.2, -0.15) is 0 Å². The fourth-order valence-electron chi connectivity index (χ4n) is 4.28. The molecule has 8 heteroatoms. The molecule has 1 aliphatic rings. The van der Waals surface area contributed by atoms with Gasteiger partial charge in [0.15, 0.2) is 5.60 Å². The van der Waals surface area contributed by atoms with Crippen molar-refractivity contribution >= 4 is 43.8 Å². The van der Waals surface area contributed by atoms with E-state index in [9.17, 15) is 24.9 Å². The number of carbonyl (C=O) groups is 2. The first-order chi connectivity index (χ1) is 15.4. The van der Waals surface area contributed by atoms with E-state index in [1.54, 1.807) is 38.1 Å². The molecule has 0 radical (unpaired) electrons. The summed E-state index contributed by atoms with van der Waals surface area (Å²) >= 11 is 6.94. The van der Waals surface area contributed by atoms with E-state index in [1.807, 2.05) is 13.8 Å². The molecule has 1 aliphatic heterocycles. The Hall–Kier alpha value is -2.84. The number of carboxylic acids is 1. The van der Waals surface area contributed by atoms with Crippen LogP contribution in [-0.2, 0) is 10.3 Å². The Labute approximate surface area is 207 Å². The molecule has 0 atom stereocenters. The van der Waals surface area contributed by atoms with E-state index in [2.05, 4.69) is 31.9 Å². The second-order valence-electron chi connectivity index (χ2n) is 8.16. The van der Waals surface area contributed by atoms with Crippen LogP contribution in [0.2, 0.25) is 0 Å². The van der Waals surface area contributed by atoms with Crippen molar-refractivity contribution < 1.29 is 29.6 Å². The number of carboxylic acid groups (broad SMARTS) is 1. The minimum absolute atomic E-state index is 0.0209. The summed E-state index contributed by atoms with van der Waals surface area (Å²) in [5.41, 5.74) is 1.99. The Morgan fingerprint density at radius 2 is 1.36 bits per heavy atom. The number of aromatic hydroxyl groups is 2. The molecule has 0 aliphatic carbocycles. The zero-order chi connectivity index (χ0) is 24.4. The quantitative estimate of drug-likeness (QED) is 0.330. The second kappa shape index (κ2) is 7.88. The lowest BCUT2D eigenvalue weighted by Crippen LogP contribution is -2.31. The normalized spacial score (nSPS) is 14.2. The number of hydrogen-bond acceptors (Lipinski definition) is 5. The molecule has 0 bridgehead atoms. The number of ether oxygens (including phenoxy) is 1. The minimum Gasteiger partial charge on any atom is -0.506 e. The van der Waals surface area contributed by atoms with Crippen LogP contribution in [0.25, 0.3) is 0 Å². The summed E-state index contributed by atoms with van der Waals surface area (Å²) in [5, 5.41) is 31.4. The Kier molecular flexibility index (Phi) is 5.57. The number of benzene rings is 3. The third-order valence-electron chi connectivity index (χ3n) is 6.39. The molecular weight excluding hydrogens is 556 g/mol. The number of aromatic carboxylic acids is 1. The second-order valence-corrected chi connectivity index (χ2v) is 9.75. The highest BCUT2D eigenvalue weighted by molar-refractivity contribution is 9.11. The van der Waals surface area contributed by atoms with Gasteiger partial charge in [0.05, 0.1) is 20.1 Å². The van der Waals surface area contributed by atoms with Gasteiger partial charge >= 0.3 is 11.9 Å². The van der Waals surface area contributed by atoms with E-state index >= 15 is 0 Å². The van der Waals surface area contributed by atoms with Crippen molar-refractivity contribution in [1.29, 1.82) is 0 Å². The number of rotatable bonds is 3. The molecule has 0 spiro atoms. The molecule has 0 fully saturated rings. The van der Waals surface area contributed by atoms with E-state index in [-0.39, 0.29) is 22.6 Å². The van der Waals surface area contributed by atoms with E-state index < -0.39 is 17.5 Å². The van der Waals surface area contributed by atoms with Gasteiger partial charge in [-0.15, -0.1) is 0 Å². The molecule has 0 aromatic heterocycles. The first-order valence-electron chi connectivity index (χ1n) is 10.0. The molecule has 3 aromatic rings. The number of carbonyl (C=O) groups excluding carboxylic acids is 1. The van der Waals surface area contributed by atoms with Crippen LogP contribution in [0, 0.1) is 27.7 Å². The number of hydrogen-bond donors (Lipinski definition) is 3. The SMILES string of the molecule is Cc1cc(C2(c3cc(C)c(C)c(O)c3Br)OC(=O)c3c(C(=O)O)cccc32)c(Br)c(O)c1C. The lowest BCUT2D eigenvalue weighted by molar-refractivity contribution is 0.0243. The molecule has 0 amide bonds. The van der Waals surface area contributed by atoms with E-state index in [0.29, 0.717) is 36.8 Å². The molecule has 0 saturated carbocycles. The molecule has 170 valence electrons. The van der Waals surface area contributed by atoms with Gasteiger partial charge in [-0.05, 0) is 100 Å². The van der Waals surface area contributed by atoms with Gasteiger partial charge in [0.1, 0.15) is 11.5 Å². The summed E-state index contributed by atoms with van der Waals surface area (Å²) in [5.74, 6) is -2.11. The van der Waals surface area contributed by atoms with Gasteiger partial charge in [0.2, 0.25) is 0 Å². The van der Waals surface area contributed by atoms with Crippen molar-refractivity contribution in [3.8, 4) is 11.5 Å². The minimum atomic E-state index is -1.64. The van der Waals surface area contributed by atoms with Gasteiger partial charge in [-0.25, -0.2) is 9.59 Å². The zero-order valence-electron chi connectivity index (χ0n) is 18.2. The number of aryl methyl sites for hydroxylation is 2. The highest BCUT2D eigenvalue weighted by atomic mass is 79.9. The molecule has 33 heavy (non-hydrogen) atoms. The Bertz CT molecular complexity index is 1310. The molecule has 3 N–H and O–H groups in total. The van der Waals surface area contributed by atoms with Crippen molar-refractivity contribution in [2.24, 2.45) is 0 Å². The van der Waals surface area contributed by atoms with Crippen LogP contribution >= 0.6 is 31.9 Å². The molecule has 6 nitrogen and oxygen atoms in total. The fourth-order valence-corrected chi connectivity index (χ4v) is 5.66. The lowest BCUT2D eigenvalue weighted by Gasteiger charge is -2.33. The van der Waals surface area contributed by atoms with Gasteiger partial charge in [-0.1, -0.05) is 12.1 Å². The number of fused-ring (bicyclic) bond motifs is 1. The summed E-state index contributed by atoms with van der Waals surface area (Å²) < 4.78 is 6.66. The summed E-state index contributed by atoms with van der Waals surface area (Å²) in [4.78, 5) is 25.1. The molecule has 1 heterocycles. The smallest absolute Gasteiger partial charge is 0.341 e. The topological polar surface area (TPSA) is 104 Å². The predicted octanol–water partition coefficient (Wildman–Crippen LogP) is 6.02. The first kappa shape index (κ1) is 23.3. The number of cyclic esters (lactones) is 1. The van der Waals surface area contributed by atoms with Crippen molar-refractivity contribution in [2.75, 3.05) is 0 Å². The van der Waals surface area contributed by atoms with Crippen LogP contribution in [0.1, 0.15) is 59.7 Å². The zero-order valence-corrected chi connectivity index (χ0v) is 21.4. The third-order valence-corrected chi connectivity index (χ3v) is 7.99. The third kappa shape index (κ3) is 3.19. The van der Waals surface area contributed by atoms with Crippen LogP contribution in [-0.4, -0.2) is 27.3 Å². The van der Waals surface area contributed by atoms with Crippen molar-refractivity contribution in [3.05, 3.63) is 89.3 Å². The average molecular weight is 576 g/mol. The standard InChI is InChI=1S/C25H20Br2O6/c1-10-8-16(19(26)21(28)12(10)3)25(17-9-11(2)13(4)22(29)20(17)27)15-7-5-6-14(23(30)31)18(15)24(32)33-25/h5-9,28-29H,1-4H3,(H,30,31). The highest BCUT2D eigenvalue weighted by Gasteiger charge is 2.53. The molecule has 3 aromatic carbocycles. The monoisotopic (exact) mass is 574 g/mol. The number of phenols is 2. The van der Waals surface area contributed by atoms with Crippen molar-refractivity contribution in [3.63, 3.8) is 0 Å². The van der Waals surface area contributed by atoms with Gasteiger partial charge < -0.3 is 20.1 Å². The molecule has 4 rings (SSSR count). The fraction of sp³-hybridized carbons (Fsp3) is 0.200. The Morgan fingerprint density at radius 3 is 1.82 bits per heavy atom. The highest BCUT2D eigenvalue weighted by Crippen LogP contribution is 2.55. The summed E-state index contributed by atoms with van der Waals surface area (Å²) in [6, 6.07) is 8.09. The maximum Gasteiger partial charge on any atom is 0.341 e. The van der Waals surface area contributed by atoms with Crippen LogP contribution in [0.4, 0.5) is 0 Å². The Morgan fingerprint density at radius 1 is 0.879 bits per heavy atom. The number of esters is 1. The van der Waals surface area contributed by atoms with Crippen LogP contribution in [0.3, 0.4) is 0 Å².